The highest BCUT2D eigenvalue weighted by atomic mass is 79.9. The van der Waals surface area contributed by atoms with Gasteiger partial charge in [0.2, 0.25) is 4.77 Å². The first kappa shape index (κ1) is 21.1. The first-order valence-electron chi connectivity index (χ1n) is 8.37. The topological polar surface area (TPSA) is 84.7 Å². The third kappa shape index (κ3) is 5.39. The SMILES string of the molecule is CCOc1cc(C=Nn2c(CC)n[nH]c2=S)cc(Br)c1OCC(=O)N(C)C. The smallest absolute Gasteiger partial charge is 0.259 e. The van der Waals surface area contributed by atoms with Crippen molar-refractivity contribution in [3.8, 4) is 11.5 Å². The van der Waals surface area contributed by atoms with Crippen molar-refractivity contribution in [3.05, 3.63) is 32.8 Å². The number of benzene rings is 1. The molecular weight excluding hydrogens is 434 g/mol. The molecule has 146 valence electrons. The lowest BCUT2D eigenvalue weighted by Gasteiger charge is -2.16. The second-order valence-corrected chi connectivity index (χ2v) is 6.94. The van der Waals surface area contributed by atoms with Gasteiger partial charge in [-0.05, 0) is 52.8 Å². The van der Waals surface area contributed by atoms with Gasteiger partial charge in [0.1, 0.15) is 0 Å². The average molecular weight is 456 g/mol. The number of carbonyl (C=O) groups excluding carboxylic acids is 1. The summed E-state index contributed by atoms with van der Waals surface area (Å²) < 4.78 is 14.0. The number of aromatic amines is 1. The van der Waals surface area contributed by atoms with Gasteiger partial charge in [0.15, 0.2) is 23.9 Å². The van der Waals surface area contributed by atoms with Gasteiger partial charge in [-0.25, -0.2) is 0 Å². The van der Waals surface area contributed by atoms with Crippen LogP contribution in [0, 0.1) is 4.77 Å². The summed E-state index contributed by atoms with van der Waals surface area (Å²) in [6.07, 6.45) is 2.36. The fourth-order valence-electron chi connectivity index (χ4n) is 2.13. The van der Waals surface area contributed by atoms with Gasteiger partial charge in [-0.15, -0.1) is 0 Å². The summed E-state index contributed by atoms with van der Waals surface area (Å²) in [6, 6.07) is 3.62. The van der Waals surface area contributed by atoms with E-state index in [1.54, 1.807) is 31.1 Å². The highest BCUT2D eigenvalue weighted by Crippen LogP contribution is 2.36. The fourth-order valence-corrected chi connectivity index (χ4v) is 2.90. The van der Waals surface area contributed by atoms with E-state index in [2.05, 4.69) is 31.2 Å². The molecule has 0 fully saturated rings. The molecule has 0 saturated carbocycles. The summed E-state index contributed by atoms with van der Waals surface area (Å²) in [6.45, 7) is 4.23. The molecular formula is C17H22BrN5O3S. The lowest BCUT2D eigenvalue weighted by atomic mass is 10.2. The van der Waals surface area contributed by atoms with Crippen LogP contribution in [-0.2, 0) is 11.2 Å². The van der Waals surface area contributed by atoms with Crippen LogP contribution in [0.25, 0.3) is 0 Å². The van der Waals surface area contributed by atoms with Crippen molar-refractivity contribution in [2.45, 2.75) is 20.3 Å². The lowest BCUT2D eigenvalue weighted by molar-refractivity contribution is -0.130. The molecule has 1 heterocycles. The number of hydrogen-bond acceptors (Lipinski definition) is 6. The van der Waals surface area contributed by atoms with Gasteiger partial charge in [-0.3, -0.25) is 9.89 Å². The van der Waals surface area contributed by atoms with Gasteiger partial charge in [-0.1, -0.05) is 6.92 Å². The molecule has 0 radical (unpaired) electrons. The number of ether oxygens (including phenoxy) is 2. The Morgan fingerprint density at radius 1 is 1.41 bits per heavy atom. The predicted molar refractivity (Wildman–Crippen MR) is 109 cm³/mol. The van der Waals surface area contributed by atoms with Crippen molar-refractivity contribution >= 4 is 40.3 Å². The zero-order valence-corrected chi connectivity index (χ0v) is 18.1. The Hall–Kier alpha value is -2.20. The highest BCUT2D eigenvalue weighted by molar-refractivity contribution is 9.10. The molecule has 1 N–H and O–H groups in total. The summed E-state index contributed by atoms with van der Waals surface area (Å²) in [5, 5.41) is 11.2. The number of aromatic nitrogens is 3. The molecule has 8 nitrogen and oxygen atoms in total. The second-order valence-electron chi connectivity index (χ2n) is 5.69. The number of hydrogen-bond donors (Lipinski definition) is 1. The Balaban J connectivity index is 2.31. The van der Waals surface area contributed by atoms with Crippen LogP contribution in [0.15, 0.2) is 21.7 Å². The zero-order valence-electron chi connectivity index (χ0n) is 15.7. The van der Waals surface area contributed by atoms with Gasteiger partial charge in [-0.2, -0.15) is 14.9 Å². The summed E-state index contributed by atoms with van der Waals surface area (Å²) in [7, 11) is 3.35. The van der Waals surface area contributed by atoms with E-state index in [-0.39, 0.29) is 12.5 Å². The van der Waals surface area contributed by atoms with E-state index in [1.165, 1.54) is 4.90 Å². The summed E-state index contributed by atoms with van der Waals surface area (Å²) in [5.74, 6) is 1.59. The molecule has 10 heteroatoms. The van der Waals surface area contributed by atoms with Crippen LogP contribution in [-0.4, -0.2) is 59.2 Å². The van der Waals surface area contributed by atoms with Crippen LogP contribution in [0.4, 0.5) is 0 Å². The van der Waals surface area contributed by atoms with E-state index in [1.807, 2.05) is 19.9 Å². The molecule has 0 unspecified atom stereocenters. The summed E-state index contributed by atoms with van der Waals surface area (Å²) in [5.41, 5.74) is 0.779. The monoisotopic (exact) mass is 455 g/mol. The summed E-state index contributed by atoms with van der Waals surface area (Å²) in [4.78, 5) is 13.3. The van der Waals surface area contributed by atoms with Crippen molar-refractivity contribution in [3.63, 3.8) is 0 Å². The van der Waals surface area contributed by atoms with Crippen LogP contribution in [0.2, 0.25) is 0 Å². The first-order chi connectivity index (χ1) is 12.9. The molecule has 0 atom stereocenters. The fraction of sp³-hybridized carbons (Fsp3) is 0.412. The Labute approximate surface area is 171 Å². The number of H-pyrrole nitrogens is 1. The standard InChI is InChI=1S/C17H22BrN5O3S/c1-5-14-20-21-17(27)23(14)19-9-11-7-12(18)16(13(8-11)25-6-2)26-10-15(24)22(3)4/h7-9H,5-6,10H2,1-4H3,(H,21,27). The molecule has 0 saturated heterocycles. The number of amides is 1. The average Bonchev–Trinajstić information content (AvgIpc) is 2.98. The molecule has 1 aromatic heterocycles. The third-order valence-electron chi connectivity index (χ3n) is 3.53. The maximum absolute atomic E-state index is 11.8. The molecule has 1 aromatic carbocycles. The Kier molecular flexibility index (Phi) is 7.55. The van der Waals surface area contributed by atoms with E-state index in [4.69, 9.17) is 21.7 Å². The second kappa shape index (κ2) is 9.65. The Morgan fingerprint density at radius 2 is 2.15 bits per heavy atom. The number of nitrogens with zero attached hydrogens (tertiary/aromatic N) is 4. The number of halogens is 1. The van der Waals surface area contributed by atoms with Crippen LogP contribution >= 0.6 is 28.1 Å². The molecule has 0 aliphatic heterocycles. The van der Waals surface area contributed by atoms with Gasteiger partial charge in [0, 0.05) is 20.5 Å². The maximum Gasteiger partial charge on any atom is 0.259 e. The third-order valence-corrected chi connectivity index (χ3v) is 4.38. The minimum absolute atomic E-state index is 0.0802. The van der Waals surface area contributed by atoms with E-state index in [0.717, 1.165) is 11.4 Å². The van der Waals surface area contributed by atoms with Gasteiger partial charge in [0.25, 0.3) is 5.91 Å². The van der Waals surface area contributed by atoms with Gasteiger partial charge in [0.05, 0.1) is 17.3 Å². The van der Waals surface area contributed by atoms with Gasteiger partial charge < -0.3 is 14.4 Å². The van der Waals surface area contributed by atoms with Crippen molar-refractivity contribution in [1.29, 1.82) is 0 Å². The van der Waals surface area contributed by atoms with Crippen molar-refractivity contribution in [2.75, 3.05) is 27.3 Å². The lowest BCUT2D eigenvalue weighted by Crippen LogP contribution is -2.27. The Morgan fingerprint density at radius 3 is 2.78 bits per heavy atom. The number of aryl methyl sites for hydroxylation is 1. The van der Waals surface area contributed by atoms with Gasteiger partial charge >= 0.3 is 0 Å². The molecule has 2 rings (SSSR count). The van der Waals surface area contributed by atoms with Crippen LogP contribution < -0.4 is 9.47 Å². The summed E-state index contributed by atoms with van der Waals surface area (Å²) >= 11 is 8.67. The molecule has 1 amide bonds. The van der Waals surface area contributed by atoms with E-state index < -0.39 is 0 Å². The predicted octanol–water partition coefficient (Wildman–Crippen LogP) is 3.01. The largest absolute Gasteiger partial charge is 0.490 e. The van der Waals surface area contributed by atoms with Crippen molar-refractivity contribution in [2.24, 2.45) is 5.10 Å². The maximum atomic E-state index is 11.8. The quantitative estimate of drug-likeness (QED) is 0.488. The van der Waals surface area contributed by atoms with Crippen molar-refractivity contribution < 1.29 is 14.3 Å². The molecule has 0 aliphatic rings. The Bertz CT molecular complexity index is 891. The number of carbonyl (C=O) groups is 1. The number of likely N-dealkylation sites (N-methyl/N-ethyl adjacent to an activating group) is 1. The van der Waals surface area contributed by atoms with Crippen LogP contribution in [0.5, 0.6) is 11.5 Å². The van der Waals surface area contributed by atoms with E-state index in [0.29, 0.717) is 33.8 Å². The normalized spacial score (nSPS) is 11.0. The molecule has 27 heavy (non-hydrogen) atoms. The number of rotatable bonds is 8. The van der Waals surface area contributed by atoms with Crippen molar-refractivity contribution in [1.82, 2.24) is 19.8 Å². The molecule has 0 aliphatic carbocycles. The zero-order chi connectivity index (χ0) is 20.0. The molecule has 0 bridgehead atoms. The minimum atomic E-state index is -0.142. The van der Waals surface area contributed by atoms with E-state index in [9.17, 15) is 4.79 Å². The van der Waals surface area contributed by atoms with E-state index >= 15 is 0 Å². The van der Waals surface area contributed by atoms with Crippen LogP contribution in [0.1, 0.15) is 25.2 Å². The first-order valence-corrected chi connectivity index (χ1v) is 9.57. The molecule has 0 spiro atoms. The molecule has 2 aromatic rings. The minimum Gasteiger partial charge on any atom is -0.490 e. The highest BCUT2D eigenvalue weighted by Gasteiger charge is 2.14. The number of nitrogens with one attached hydrogen (secondary N) is 1. The van der Waals surface area contributed by atoms with Crippen LogP contribution in [0.3, 0.4) is 0 Å².